The summed E-state index contributed by atoms with van der Waals surface area (Å²) in [6.07, 6.45) is -0.188. The van der Waals surface area contributed by atoms with Crippen LogP contribution >= 0.6 is 11.8 Å². The first-order chi connectivity index (χ1) is 13.4. The second-order valence-corrected chi connectivity index (χ2v) is 7.80. The monoisotopic (exact) mass is 412 g/mol. The van der Waals surface area contributed by atoms with Crippen molar-refractivity contribution in [2.75, 3.05) is 5.75 Å². The second kappa shape index (κ2) is 8.98. The molecule has 2 aromatic rings. The molecule has 5 nitrogen and oxygen atoms in total. The van der Waals surface area contributed by atoms with Gasteiger partial charge in [0.15, 0.2) is 5.16 Å². The molecule has 1 aromatic heterocycles. The fourth-order valence-electron chi connectivity index (χ4n) is 3.61. The summed E-state index contributed by atoms with van der Waals surface area (Å²) in [4.78, 5) is 12.3. The zero-order chi connectivity index (χ0) is 20.1. The number of rotatable bonds is 6. The molecule has 1 saturated carbocycles. The molecule has 152 valence electrons. The van der Waals surface area contributed by atoms with Gasteiger partial charge < -0.3 is 5.32 Å². The number of alkyl halides is 3. The summed E-state index contributed by atoms with van der Waals surface area (Å²) < 4.78 is 41.4. The van der Waals surface area contributed by atoms with E-state index in [9.17, 15) is 18.0 Å². The number of nitrogens with zero attached hydrogens (tertiary/aromatic N) is 3. The molecule has 1 aromatic carbocycles. The van der Waals surface area contributed by atoms with E-state index in [0.29, 0.717) is 24.4 Å². The van der Waals surface area contributed by atoms with Gasteiger partial charge >= 0.3 is 6.18 Å². The molecule has 0 saturated heterocycles. The number of aromatic nitrogens is 3. The lowest BCUT2D eigenvalue weighted by atomic mass is 9.84. The number of hydrogen-bond acceptors (Lipinski definition) is 4. The van der Waals surface area contributed by atoms with Crippen molar-refractivity contribution >= 4 is 17.7 Å². The molecule has 1 heterocycles. The summed E-state index contributed by atoms with van der Waals surface area (Å²) in [6, 6.07) is 6.98. The van der Waals surface area contributed by atoms with E-state index < -0.39 is 24.0 Å². The van der Waals surface area contributed by atoms with E-state index in [1.165, 1.54) is 11.8 Å². The van der Waals surface area contributed by atoms with Crippen molar-refractivity contribution in [3.63, 3.8) is 0 Å². The van der Waals surface area contributed by atoms with Crippen molar-refractivity contribution in [2.45, 2.75) is 56.4 Å². The van der Waals surface area contributed by atoms with Gasteiger partial charge in [-0.1, -0.05) is 49.7 Å². The molecule has 9 heteroatoms. The summed E-state index contributed by atoms with van der Waals surface area (Å²) in [5.74, 6) is -1.88. The molecule has 28 heavy (non-hydrogen) atoms. The average molecular weight is 412 g/mol. The van der Waals surface area contributed by atoms with Gasteiger partial charge in [0, 0.05) is 6.04 Å². The van der Waals surface area contributed by atoms with Crippen LogP contribution in [0.15, 0.2) is 35.7 Å². The van der Waals surface area contributed by atoms with E-state index in [0.717, 1.165) is 17.7 Å². The standard InChI is InChI=1S/C19H23F3N4OS/c1-2-13-7-3-6-10-16(13)26-12-23-25-18(26)28-11-17(27)24-15-9-5-4-8-14(15)19(20,21)22/h3,6-7,10,12,14-15H,2,4-5,8-9,11H2,1H3,(H,24,27). The normalized spacial score (nSPS) is 20.1. The zero-order valence-corrected chi connectivity index (χ0v) is 16.4. The highest BCUT2D eigenvalue weighted by Crippen LogP contribution is 2.37. The van der Waals surface area contributed by atoms with Crippen LogP contribution in [0, 0.1) is 5.92 Å². The maximum atomic E-state index is 13.2. The van der Waals surface area contributed by atoms with Crippen molar-refractivity contribution < 1.29 is 18.0 Å². The highest BCUT2D eigenvalue weighted by molar-refractivity contribution is 7.99. The zero-order valence-electron chi connectivity index (χ0n) is 15.6. The number of nitrogens with one attached hydrogen (secondary N) is 1. The van der Waals surface area contributed by atoms with E-state index in [4.69, 9.17) is 0 Å². The number of thioether (sulfide) groups is 1. The van der Waals surface area contributed by atoms with Crippen LogP contribution in [0.1, 0.15) is 38.2 Å². The van der Waals surface area contributed by atoms with E-state index in [2.05, 4.69) is 15.5 Å². The molecule has 2 atom stereocenters. The van der Waals surface area contributed by atoms with Crippen LogP contribution in [0.25, 0.3) is 5.69 Å². The van der Waals surface area contributed by atoms with Crippen LogP contribution in [-0.4, -0.2) is 38.6 Å². The van der Waals surface area contributed by atoms with E-state index >= 15 is 0 Å². The van der Waals surface area contributed by atoms with Crippen molar-refractivity contribution in [1.29, 1.82) is 0 Å². The van der Waals surface area contributed by atoms with Crippen LogP contribution in [0.4, 0.5) is 13.2 Å². The summed E-state index contributed by atoms with van der Waals surface area (Å²) in [6.45, 7) is 2.05. The Labute approximate surface area is 166 Å². The van der Waals surface area contributed by atoms with Gasteiger partial charge in [0.25, 0.3) is 0 Å². The smallest absolute Gasteiger partial charge is 0.352 e. The fraction of sp³-hybridized carbons (Fsp3) is 0.526. The summed E-state index contributed by atoms with van der Waals surface area (Å²) in [7, 11) is 0. The average Bonchev–Trinajstić information content (AvgIpc) is 3.14. The van der Waals surface area contributed by atoms with Crippen molar-refractivity contribution in [3.8, 4) is 5.69 Å². The highest BCUT2D eigenvalue weighted by Gasteiger charge is 2.45. The highest BCUT2D eigenvalue weighted by atomic mass is 32.2. The molecule has 1 amide bonds. The number of carbonyl (C=O) groups is 1. The van der Waals surface area contributed by atoms with Crippen LogP contribution in [0.2, 0.25) is 0 Å². The Morgan fingerprint density at radius 2 is 2.04 bits per heavy atom. The number of aryl methyl sites for hydroxylation is 1. The number of carbonyl (C=O) groups excluding carboxylic acids is 1. The minimum absolute atomic E-state index is 0.00589. The van der Waals surface area contributed by atoms with Gasteiger partial charge in [-0.25, -0.2) is 0 Å². The summed E-state index contributed by atoms with van der Waals surface area (Å²) in [5, 5.41) is 11.1. The third-order valence-corrected chi connectivity index (χ3v) is 5.96. The molecule has 0 bridgehead atoms. The first-order valence-electron chi connectivity index (χ1n) is 9.37. The predicted molar refractivity (Wildman–Crippen MR) is 101 cm³/mol. The quantitative estimate of drug-likeness (QED) is 0.724. The molecule has 1 fully saturated rings. The van der Waals surface area contributed by atoms with Crippen LogP contribution in [0.3, 0.4) is 0 Å². The van der Waals surface area contributed by atoms with Gasteiger partial charge in [-0.15, -0.1) is 10.2 Å². The number of hydrogen-bond donors (Lipinski definition) is 1. The Bertz CT molecular complexity index is 808. The molecule has 0 spiro atoms. The SMILES string of the molecule is CCc1ccccc1-n1cnnc1SCC(=O)NC1CCCCC1C(F)(F)F. The molecule has 1 aliphatic carbocycles. The third-order valence-electron chi connectivity index (χ3n) is 5.01. The molecule has 1 N–H and O–H groups in total. The molecule has 0 radical (unpaired) electrons. The summed E-state index contributed by atoms with van der Waals surface area (Å²) >= 11 is 1.17. The Hall–Kier alpha value is -2.03. The molecule has 2 unspecified atom stereocenters. The molecule has 1 aliphatic rings. The second-order valence-electron chi connectivity index (χ2n) is 6.86. The first kappa shape index (κ1) is 20.7. The third kappa shape index (κ3) is 4.87. The first-order valence-corrected chi connectivity index (χ1v) is 10.4. The molecule has 3 rings (SSSR count). The Morgan fingerprint density at radius 3 is 2.79 bits per heavy atom. The number of amides is 1. The molecule has 0 aliphatic heterocycles. The number of para-hydroxylation sites is 1. The fourth-order valence-corrected chi connectivity index (χ4v) is 4.34. The minimum Gasteiger partial charge on any atom is -0.352 e. The van der Waals surface area contributed by atoms with E-state index in [1.807, 2.05) is 31.2 Å². The Balaban J connectivity index is 1.64. The van der Waals surface area contributed by atoms with Gasteiger partial charge in [0.05, 0.1) is 17.4 Å². The summed E-state index contributed by atoms with van der Waals surface area (Å²) in [5.41, 5.74) is 2.05. The lowest BCUT2D eigenvalue weighted by molar-refractivity contribution is -0.189. The van der Waals surface area contributed by atoms with E-state index in [-0.39, 0.29) is 12.2 Å². The van der Waals surface area contributed by atoms with Crippen LogP contribution in [0.5, 0.6) is 0 Å². The topological polar surface area (TPSA) is 59.8 Å². The van der Waals surface area contributed by atoms with Crippen molar-refractivity contribution in [1.82, 2.24) is 20.1 Å². The van der Waals surface area contributed by atoms with Gasteiger partial charge in [0.1, 0.15) is 6.33 Å². The number of halogens is 3. The van der Waals surface area contributed by atoms with Crippen LogP contribution in [-0.2, 0) is 11.2 Å². The van der Waals surface area contributed by atoms with Gasteiger partial charge in [-0.05, 0) is 30.9 Å². The van der Waals surface area contributed by atoms with Crippen molar-refractivity contribution in [3.05, 3.63) is 36.2 Å². The van der Waals surface area contributed by atoms with Crippen LogP contribution < -0.4 is 5.32 Å². The molecular formula is C19H23F3N4OS. The van der Waals surface area contributed by atoms with E-state index in [1.54, 1.807) is 10.9 Å². The van der Waals surface area contributed by atoms with Gasteiger partial charge in [-0.3, -0.25) is 9.36 Å². The van der Waals surface area contributed by atoms with Gasteiger partial charge in [0.2, 0.25) is 5.91 Å². The minimum atomic E-state index is -4.28. The molecular weight excluding hydrogens is 389 g/mol. The Kier molecular flexibility index (Phi) is 6.64. The lowest BCUT2D eigenvalue weighted by Crippen LogP contribution is -2.48. The largest absolute Gasteiger partial charge is 0.393 e. The Morgan fingerprint density at radius 1 is 1.29 bits per heavy atom. The number of benzene rings is 1. The maximum Gasteiger partial charge on any atom is 0.393 e. The predicted octanol–water partition coefficient (Wildman–Crippen LogP) is 4.16. The lowest BCUT2D eigenvalue weighted by Gasteiger charge is -2.33. The van der Waals surface area contributed by atoms with Gasteiger partial charge in [-0.2, -0.15) is 13.2 Å². The maximum absolute atomic E-state index is 13.2. The van der Waals surface area contributed by atoms with Crippen molar-refractivity contribution in [2.24, 2.45) is 5.92 Å².